The molecule has 4 aromatic rings. The molecule has 8 heteroatoms. The molecular formula is C31H29N3O4S. The number of para-hydroxylation sites is 1. The summed E-state index contributed by atoms with van der Waals surface area (Å²) in [5.74, 6) is 0.246. The molecule has 1 unspecified atom stereocenters. The molecule has 3 aromatic carbocycles. The summed E-state index contributed by atoms with van der Waals surface area (Å²) >= 11 is 1.54. The number of carbonyl (C=O) groups excluding carboxylic acids is 1. The minimum absolute atomic E-state index is 0.346. The van der Waals surface area contributed by atoms with Crippen molar-refractivity contribution in [3.05, 3.63) is 107 Å². The van der Waals surface area contributed by atoms with Crippen molar-refractivity contribution in [1.29, 1.82) is 0 Å². The number of rotatable bonds is 11. The number of thioether (sulfide) groups is 1. The van der Waals surface area contributed by atoms with E-state index in [4.69, 9.17) is 4.74 Å². The number of carboxylic acid groups (broad SMARTS) is 1. The Balaban J connectivity index is 1.58. The summed E-state index contributed by atoms with van der Waals surface area (Å²) in [5.41, 5.74) is 4.54. The quantitative estimate of drug-likeness (QED) is 0.229. The van der Waals surface area contributed by atoms with Gasteiger partial charge in [-0.3, -0.25) is 4.79 Å². The van der Waals surface area contributed by atoms with Gasteiger partial charge in [0.25, 0.3) is 5.91 Å². The Morgan fingerprint density at radius 2 is 1.72 bits per heavy atom. The average molecular weight is 540 g/mol. The van der Waals surface area contributed by atoms with E-state index in [-0.39, 0.29) is 0 Å². The van der Waals surface area contributed by atoms with Crippen molar-refractivity contribution in [3.63, 3.8) is 0 Å². The van der Waals surface area contributed by atoms with E-state index in [0.29, 0.717) is 35.1 Å². The van der Waals surface area contributed by atoms with Gasteiger partial charge in [0.1, 0.15) is 11.8 Å². The first kappa shape index (κ1) is 27.6. The zero-order valence-corrected chi connectivity index (χ0v) is 22.5. The maximum Gasteiger partial charge on any atom is 0.326 e. The predicted molar refractivity (Wildman–Crippen MR) is 156 cm³/mol. The minimum Gasteiger partial charge on any atom is -0.480 e. The lowest BCUT2D eigenvalue weighted by Gasteiger charge is -2.17. The number of aliphatic carboxylic acids is 1. The molecule has 0 aliphatic heterocycles. The molecule has 0 fully saturated rings. The largest absolute Gasteiger partial charge is 0.480 e. The second-order valence-electron chi connectivity index (χ2n) is 8.81. The van der Waals surface area contributed by atoms with Crippen LogP contribution >= 0.6 is 11.8 Å². The van der Waals surface area contributed by atoms with Crippen LogP contribution in [0.4, 0.5) is 0 Å². The third kappa shape index (κ3) is 7.55. The fourth-order valence-corrected chi connectivity index (χ4v) is 4.43. The molecule has 0 radical (unpaired) electrons. The fraction of sp³-hybridized carbons (Fsp3) is 0.161. The first-order chi connectivity index (χ1) is 18.9. The molecule has 0 aliphatic carbocycles. The third-order valence-electron chi connectivity index (χ3n) is 6.01. The van der Waals surface area contributed by atoms with Gasteiger partial charge in [0.2, 0.25) is 5.88 Å². The van der Waals surface area contributed by atoms with Gasteiger partial charge in [0.05, 0.1) is 5.69 Å². The predicted octanol–water partition coefficient (Wildman–Crippen LogP) is 6.35. The van der Waals surface area contributed by atoms with Crippen LogP contribution in [0.25, 0.3) is 23.3 Å². The SMILES string of the molecule is CSCCC(NC(=O)c1ccc(C=Cc2ccc(Oc3ccccc3)nn2)cc1-c1ccccc1C)C(=O)O. The summed E-state index contributed by atoms with van der Waals surface area (Å²) in [4.78, 5) is 25.0. The Hall–Kier alpha value is -4.43. The molecule has 1 aromatic heterocycles. The van der Waals surface area contributed by atoms with Crippen LogP contribution in [0, 0.1) is 6.92 Å². The number of ether oxygens (including phenoxy) is 1. The first-order valence-electron chi connectivity index (χ1n) is 12.4. The van der Waals surface area contributed by atoms with E-state index in [0.717, 1.165) is 22.3 Å². The monoisotopic (exact) mass is 539 g/mol. The molecule has 1 amide bonds. The van der Waals surface area contributed by atoms with Crippen LogP contribution in [-0.2, 0) is 4.79 Å². The van der Waals surface area contributed by atoms with Crippen LogP contribution in [0.15, 0.2) is 84.9 Å². The van der Waals surface area contributed by atoms with Crippen molar-refractivity contribution < 1.29 is 19.4 Å². The second-order valence-corrected chi connectivity index (χ2v) is 9.80. The highest BCUT2D eigenvalue weighted by Gasteiger charge is 2.22. The topological polar surface area (TPSA) is 101 Å². The smallest absolute Gasteiger partial charge is 0.326 e. The number of carbonyl (C=O) groups is 2. The Morgan fingerprint density at radius 1 is 0.949 bits per heavy atom. The third-order valence-corrected chi connectivity index (χ3v) is 6.65. The zero-order chi connectivity index (χ0) is 27.6. The number of hydrogen-bond acceptors (Lipinski definition) is 6. The van der Waals surface area contributed by atoms with Crippen molar-refractivity contribution in [2.75, 3.05) is 12.0 Å². The van der Waals surface area contributed by atoms with Crippen molar-refractivity contribution in [3.8, 4) is 22.8 Å². The second kappa shape index (κ2) is 13.4. The van der Waals surface area contributed by atoms with Crippen molar-refractivity contribution in [2.45, 2.75) is 19.4 Å². The average Bonchev–Trinajstić information content (AvgIpc) is 2.95. The Morgan fingerprint density at radius 3 is 2.41 bits per heavy atom. The number of aromatic nitrogens is 2. The lowest BCUT2D eigenvalue weighted by molar-refractivity contribution is -0.139. The van der Waals surface area contributed by atoms with Gasteiger partial charge in [-0.05, 0) is 84.0 Å². The van der Waals surface area contributed by atoms with Crippen LogP contribution < -0.4 is 10.1 Å². The molecule has 39 heavy (non-hydrogen) atoms. The van der Waals surface area contributed by atoms with E-state index in [1.54, 1.807) is 12.1 Å². The Labute approximate surface area is 232 Å². The van der Waals surface area contributed by atoms with Crippen LogP contribution in [0.1, 0.15) is 33.6 Å². The maximum atomic E-state index is 13.3. The summed E-state index contributed by atoms with van der Waals surface area (Å²) in [6.07, 6.45) is 5.98. The van der Waals surface area contributed by atoms with Gasteiger partial charge in [0, 0.05) is 11.6 Å². The number of aryl methyl sites for hydroxylation is 1. The molecule has 0 saturated carbocycles. The van der Waals surface area contributed by atoms with Gasteiger partial charge in [-0.25, -0.2) is 4.79 Å². The van der Waals surface area contributed by atoms with E-state index in [1.807, 2.05) is 98.1 Å². The summed E-state index contributed by atoms with van der Waals surface area (Å²) in [6.45, 7) is 1.98. The van der Waals surface area contributed by atoms with Crippen molar-refractivity contribution in [2.24, 2.45) is 0 Å². The lowest BCUT2D eigenvalue weighted by atomic mass is 9.93. The highest BCUT2D eigenvalue weighted by molar-refractivity contribution is 7.98. The number of nitrogens with one attached hydrogen (secondary N) is 1. The number of carboxylic acids is 1. The minimum atomic E-state index is -1.05. The molecule has 1 atom stereocenters. The summed E-state index contributed by atoms with van der Waals surface area (Å²) in [5, 5.41) is 20.6. The molecule has 1 heterocycles. The number of benzene rings is 3. The van der Waals surface area contributed by atoms with E-state index >= 15 is 0 Å². The highest BCUT2D eigenvalue weighted by atomic mass is 32.2. The van der Waals surface area contributed by atoms with E-state index in [9.17, 15) is 14.7 Å². The highest BCUT2D eigenvalue weighted by Crippen LogP contribution is 2.29. The van der Waals surface area contributed by atoms with Gasteiger partial charge >= 0.3 is 5.97 Å². The summed E-state index contributed by atoms with van der Waals surface area (Å²) in [6, 6.07) is 25.2. The van der Waals surface area contributed by atoms with Gasteiger partial charge < -0.3 is 15.2 Å². The van der Waals surface area contributed by atoms with E-state index in [2.05, 4.69) is 15.5 Å². The lowest BCUT2D eigenvalue weighted by Crippen LogP contribution is -2.41. The molecule has 0 bridgehead atoms. The molecule has 7 nitrogen and oxygen atoms in total. The van der Waals surface area contributed by atoms with Crippen molar-refractivity contribution >= 4 is 35.8 Å². The maximum absolute atomic E-state index is 13.3. The molecule has 0 spiro atoms. The molecule has 0 aliphatic rings. The van der Waals surface area contributed by atoms with Gasteiger partial charge in [0.15, 0.2) is 0 Å². The molecule has 4 rings (SSSR count). The van der Waals surface area contributed by atoms with Gasteiger partial charge in [-0.2, -0.15) is 11.8 Å². The van der Waals surface area contributed by atoms with Crippen LogP contribution in [0.3, 0.4) is 0 Å². The molecule has 198 valence electrons. The van der Waals surface area contributed by atoms with E-state index in [1.165, 1.54) is 11.8 Å². The first-order valence-corrected chi connectivity index (χ1v) is 13.8. The zero-order valence-electron chi connectivity index (χ0n) is 21.7. The molecular weight excluding hydrogens is 510 g/mol. The molecule has 0 saturated heterocycles. The summed E-state index contributed by atoms with van der Waals surface area (Å²) in [7, 11) is 0. The molecule has 2 N–H and O–H groups in total. The van der Waals surface area contributed by atoms with Crippen LogP contribution in [-0.4, -0.2) is 45.2 Å². The van der Waals surface area contributed by atoms with Crippen LogP contribution in [0.5, 0.6) is 11.6 Å². The standard InChI is InChI=1S/C31H29N3O4S/c1-21-8-6-7-11-25(21)27-20-22(13-16-26(27)30(35)32-28(31(36)37)18-19-39-2)12-14-23-15-17-29(34-33-23)38-24-9-4-3-5-10-24/h3-17,20,28H,18-19H2,1-2H3,(H,32,35)(H,36,37). The Kier molecular flexibility index (Phi) is 9.48. The Bertz CT molecular complexity index is 1460. The van der Waals surface area contributed by atoms with Gasteiger partial charge in [-0.15, -0.1) is 10.2 Å². The number of amides is 1. The number of hydrogen-bond donors (Lipinski definition) is 2. The normalized spacial score (nSPS) is 11.7. The van der Waals surface area contributed by atoms with Crippen molar-refractivity contribution in [1.82, 2.24) is 15.5 Å². The van der Waals surface area contributed by atoms with Gasteiger partial charge in [-0.1, -0.05) is 54.6 Å². The van der Waals surface area contributed by atoms with E-state index < -0.39 is 17.9 Å². The number of nitrogens with zero attached hydrogens (tertiary/aromatic N) is 2. The summed E-state index contributed by atoms with van der Waals surface area (Å²) < 4.78 is 5.70. The fourth-order valence-electron chi connectivity index (χ4n) is 3.96. The van der Waals surface area contributed by atoms with Crippen LogP contribution in [0.2, 0.25) is 0 Å².